The first kappa shape index (κ1) is 32.0. The van der Waals surface area contributed by atoms with Crippen molar-refractivity contribution in [2.45, 2.75) is 56.9 Å². The second kappa shape index (κ2) is 16.0. The summed E-state index contributed by atoms with van der Waals surface area (Å²) >= 11 is 0. The monoisotopic (exact) mass is 639 g/mol. The van der Waals surface area contributed by atoms with E-state index in [0.717, 1.165) is 38.7 Å². The van der Waals surface area contributed by atoms with Crippen molar-refractivity contribution in [1.82, 2.24) is 4.98 Å². The summed E-state index contributed by atoms with van der Waals surface area (Å²) in [6.45, 7) is 2.00. The lowest BCUT2D eigenvalue weighted by atomic mass is 9.90. The summed E-state index contributed by atoms with van der Waals surface area (Å²) in [5.41, 5.74) is 6.39. The van der Waals surface area contributed by atoms with E-state index in [1.54, 1.807) is 0 Å². The van der Waals surface area contributed by atoms with Crippen molar-refractivity contribution in [3.8, 4) is 0 Å². The smallest absolute Gasteiger partial charge is 0.117 e. The normalized spacial score (nSPS) is 21.0. The van der Waals surface area contributed by atoms with Crippen molar-refractivity contribution in [1.29, 1.82) is 0 Å². The van der Waals surface area contributed by atoms with E-state index in [1.807, 2.05) is 85.1 Å². The zero-order chi connectivity index (χ0) is 32.4. The van der Waals surface area contributed by atoms with Crippen molar-refractivity contribution in [3.05, 3.63) is 180 Å². The van der Waals surface area contributed by atoms with Gasteiger partial charge >= 0.3 is 0 Å². The number of rotatable bonds is 14. The Balaban J connectivity index is 1.25. The fraction of sp³-hybridized carbons (Fsp3) is 0.238. The number of para-hydroxylation sites is 1. The number of aromatic nitrogens is 1. The molecule has 2 heterocycles. The van der Waals surface area contributed by atoms with Gasteiger partial charge in [0, 0.05) is 22.7 Å². The largest absolute Gasteiger partial charge is 0.374 e. The third kappa shape index (κ3) is 7.93. The van der Waals surface area contributed by atoms with Crippen LogP contribution in [0.25, 0.3) is 10.9 Å². The molecule has 5 unspecified atom stereocenters. The molecule has 1 fully saturated rings. The van der Waals surface area contributed by atoms with Crippen LogP contribution in [0.4, 0.5) is 0 Å². The van der Waals surface area contributed by atoms with Gasteiger partial charge in [0.05, 0.1) is 33.0 Å². The molecular formula is C42H41NO5. The topological polar surface area (TPSA) is 61.9 Å². The van der Waals surface area contributed by atoms with Gasteiger partial charge in [0.25, 0.3) is 0 Å². The number of hydrogen-bond acceptors (Lipinski definition) is 5. The van der Waals surface area contributed by atoms with Gasteiger partial charge in [-0.15, -0.1) is 0 Å². The molecule has 1 saturated heterocycles. The van der Waals surface area contributed by atoms with E-state index in [4.69, 9.17) is 23.7 Å². The summed E-state index contributed by atoms with van der Waals surface area (Å²) in [4.78, 5) is 3.45. The van der Waals surface area contributed by atoms with E-state index < -0.39 is 30.5 Å². The molecule has 0 amide bonds. The second-order valence-electron chi connectivity index (χ2n) is 12.2. The first-order valence-electron chi connectivity index (χ1n) is 16.6. The van der Waals surface area contributed by atoms with Crippen LogP contribution in [0.5, 0.6) is 0 Å². The molecular weight excluding hydrogens is 598 g/mol. The quantitative estimate of drug-likeness (QED) is 0.129. The molecule has 0 aliphatic carbocycles. The van der Waals surface area contributed by atoms with Gasteiger partial charge in [-0.1, -0.05) is 140 Å². The highest BCUT2D eigenvalue weighted by molar-refractivity contribution is 5.83. The van der Waals surface area contributed by atoms with Gasteiger partial charge in [-0.05, 0) is 28.3 Å². The minimum absolute atomic E-state index is 0.323. The zero-order valence-electron chi connectivity index (χ0n) is 26.9. The van der Waals surface area contributed by atoms with Gasteiger partial charge in [0.2, 0.25) is 0 Å². The van der Waals surface area contributed by atoms with Crippen LogP contribution < -0.4 is 0 Å². The maximum Gasteiger partial charge on any atom is 0.117 e. The average molecular weight is 640 g/mol. The summed E-state index contributed by atoms with van der Waals surface area (Å²) in [5.74, 6) is 0. The Morgan fingerprint density at radius 1 is 0.479 bits per heavy atom. The highest BCUT2D eigenvalue weighted by Gasteiger charge is 2.49. The Bertz CT molecular complexity index is 1810. The minimum atomic E-state index is -0.487. The highest BCUT2D eigenvalue weighted by Crippen LogP contribution is 2.41. The Labute approximate surface area is 282 Å². The molecule has 0 saturated carbocycles. The zero-order valence-corrected chi connectivity index (χ0v) is 26.9. The van der Waals surface area contributed by atoms with Crippen LogP contribution in [0.2, 0.25) is 0 Å². The molecule has 5 aromatic carbocycles. The van der Waals surface area contributed by atoms with Crippen molar-refractivity contribution >= 4 is 10.9 Å². The maximum absolute atomic E-state index is 7.09. The van der Waals surface area contributed by atoms with Crippen LogP contribution in [-0.4, -0.2) is 36.0 Å². The molecule has 1 aliphatic heterocycles. The Hall–Kier alpha value is -4.56. The lowest BCUT2D eigenvalue weighted by Crippen LogP contribution is -2.58. The first-order chi connectivity index (χ1) is 23.8. The molecule has 7 rings (SSSR count). The summed E-state index contributed by atoms with van der Waals surface area (Å²) in [5, 5.41) is 1.09. The molecule has 48 heavy (non-hydrogen) atoms. The summed E-state index contributed by atoms with van der Waals surface area (Å²) in [7, 11) is 0. The lowest BCUT2D eigenvalue weighted by Gasteiger charge is -2.46. The number of hydrogen-bond donors (Lipinski definition) is 1. The van der Waals surface area contributed by atoms with Crippen LogP contribution in [0.3, 0.4) is 0 Å². The van der Waals surface area contributed by atoms with Crippen molar-refractivity contribution in [2.24, 2.45) is 0 Å². The van der Waals surface area contributed by atoms with E-state index in [-0.39, 0.29) is 0 Å². The SMILES string of the molecule is c1ccc(COCC2OC(c3c[nH]c4ccccc34)C(OCc3ccccc3)C(OCc3ccccc3)C2OCc2ccccc2)cc1. The van der Waals surface area contributed by atoms with Gasteiger partial charge < -0.3 is 28.7 Å². The fourth-order valence-corrected chi connectivity index (χ4v) is 6.37. The first-order valence-corrected chi connectivity index (χ1v) is 16.6. The Morgan fingerprint density at radius 2 is 0.938 bits per heavy atom. The van der Waals surface area contributed by atoms with Crippen LogP contribution in [-0.2, 0) is 50.1 Å². The Kier molecular flexibility index (Phi) is 10.7. The fourth-order valence-electron chi connectivity index (χ4n) is 6.37. The molecule has 244 valence electrons. The van der Waals surface area contributed by atoms with Crippen molar-refractivity contribution in [3.63, 3.8) is 0 Å². The summed E-state index contributed by atoms with van der Waals surface area (Å²) < 4.78 is 34.0. The summed E-state index contributed by atoms with van der Waals surface area (Å²) in [6.07, 6.45) is -0.294. The molecule has 5 atom stereocenters. The molecule has 6 aromatic rings. The molecule has 1 aliphatic rings. The number of benzene rings is 5. The Morgan fingerprint density at radius 3 is 1.50 bits per heavy atom. The van der Waals surface area contributed by atoms with E-state index >= 15 is 0 Å². The van der Waals surface area contributed by atoms with Gasteiger partial charge in [0.15, 0.2) is 0 Å². The predicted molar refractivity (Wildman–Crippen MR) is 187 cm³/mol. The third-order valence-electron chi connectivity index (χ3n) is 8.81. The third-order valence-corrected chi connectivity index (χ3v) is 8.81. The highest BCUT2D eigenvalue weighted by atomic mass is 16.6. The molecule has 6 heteroatoms. The summed E-state index contributed by atoms with van der Waals surface area (Å²) in [6, 6.07) is 49.2. The average Bonchev–Trinajstić information content (AvgIpc) is 3.58. The number of nitrogens with one attached hydrogen (secondary N) is 1. The van der Waals surface area contributed by atoms with Crippen molar-refractivity contribution < 1.29 is 23.7 Å². The molecule has 0 spiro atoms. The minimum Gasteiger partial charge on any atom is -0.374 e. The van der Waals surface area contributed by atoms with E-state index in [1.165, 1.54) is 0 Å². The molecule has 6 nitrogen and oxygen atoms in total. The molecule has 1 aromatic heterocycles. The van der Waals surface area contributed by atoms with Gasteiger partial charge in [-0.3, -0.25) is 0 Å². The molecule has 1 N–H and O–H groups in total. The van der Waals surface area contributed by atoms with Crippen LogP contribution in [0, 0.1) is 0 Å². The molecule has 0 bridgehead atoms. The van der Waals surface area contributed by atoms with Gasteiger partial charge in [-0.2, -0.15) is 0 Å². The standard InChI is InChI=1S/C42H41NO5/c1-5-15-31(16-6-1)26-44-30-38-40(45-27-32-17-7-2-8-18-32)42(47-29-34-21-11-4-12-22-34)41(46-28-33-19-9-3-10-20-33)39(48-38)36-25-43-37-24-14-13-23-35(36)37/h1-25,38-43H,26-30H2. The van der Waals surface area contributed by atoms with E-state index in [2.05, 4.69) is 71.7 Å². The number of ether oxygens (including phenoxy) is 5. The molecule has 0 radical (unpaired) electrons. The van der Waals surface area contributed by atoms with Crippen molar-refractivity contribution in [2.75, 3.05) is 6.61 Å². The van der Waals surface area contributed by atoms with Crippen LogP contribution >= 0.6 is 0 Å². The number of fused-ring (bicyclic) bond motifs is 1. The second-order valence-corrected chi connectivity index (χ2v) is 12.2. The van der Waals surface area contributed by atoms with E-state index in [9.17, 15) is 0 Å². The predicted octanol–water partition coefficient (Wildman–Crippen LogP) is 8.58. The number of aromatic amines is 1. The van der Waals surface area contributed by atoms with E-state index in [0.29, 0.717) is 33.0 Å². The van der Waals surface area contributed by atoms with Gasteiger partial charge in [-0.25, -0.2) is 0 Å². The number of H-pyrrole nitrogens is 1. The van der Waals surface area contributed by atoms with Crippen LogP contribution in [0.1, 0.15) is 33.9 Å². The maximum atomic E-state index is 7.09. The lowest BCUT2D eigenvalue weighted by molar-refractivity contribution is -0.274. The van der Waals surface area contributed by atoms with Crippen LogP contribution in [0.15, 0.2) is 152 Å². The van der Waals surface area contributed by atoms with Gasteiger partial charge in [0.1, 0.15) is 30.5 Å².